The summed E-state index contributed by atoms with van der Waals surface area (Å²) in [5, 5.41) is 9.64. The van der Waals surface area contributed by atoms with Crippen molar-refractivity contribution in [2.45, 2.75) is 31.6 Å². The third kappa shape index (κ3) is 5.11. The highest BCUT2D eigenvalue weighted by atomic mass is 32.2. The van der Waals surface area contributed by atoms with E-state index in [4.69, 9.17) is 0 Å². The minimum atomic E-state index is -5.76. The first-order valence-electron chi connectivity index (χ1n) is 12.7. The molecular weight excluding hydrogens is 635 g/mol. The molecule has 17 heteroatoms. The number of phenolic OH excluding ortho intramolecular Hbond substituents is 1. The molecule has 2 N–H and O–H groups in total. The largest absolute Gasteiger partial charge is 0.507 e. The van der Waals surface area contributed by atoms with Crippen LogP contribution in [0.15, 0.2) is 46.2 Å². The number of pyridine rings is 2. The Morgan fingerprint density at radius 3 is 2.11 bits per heavy atom. The average molecular weight is 654 g/mol. The summed E-state index contributed by atoms with van der Waals surface area (Å²) in [6.07, 6.45) is 1.43. The molecule has 0 spiro atoms. The normalized spacial score (nSPS) is 11.9. The molecule has 3 heterocycles. The molecule has 0 aliphatic carbocycles. The summed E-state index contributed by atoms with van der Waals surface area (Å²) >= 11 is 0. The maximum Gasteiger partial charge on any atom is 0.355 e. The van der Waals surface area contributed by atoms with Crippen molar-refractivity contribution in [3.05, 3.63) is 99.0 Å². The second-order valence-corrected chi connectivity index (χ2v) is 11.5. The number of nitrogens with zero attached hydrogens (tertiary/aromatic N) is 4. The molecule has 5 rings (SSSR count). The van der Waals surface area contributed by atoms with Crippen LogP contribution in [0, 0.1) is 47.6 Å². The molecule has 0 atom stereocenters. The number of rotatable bonds is 6. The van der Waals surface area contributed by atoms with Crippen LogP contribution in [0.3, 0.4) is 0 Å². The molecule has 0 saturated heterocycles. The summed E-state index contributed by atoms with van der Waals surface area (Å²) in [6.45, 7) is 5.00. The number of hydrogen-bond acceptors (Lipinski definition) is 7. The number of aromatic hydroxyl groups is 1. The zero-order chi connectivity index (χ0) is 33.1. The molecule has 0 saturated carbocycles. The van der Waals surface area contributed by atoms with Crippen LogP contribution in [0.25, 0.3) is 28.0 Å². The van der Waals surface area contributed by atoms with Crippen molar-refractivity contribution in [1.29, 1.82) is 0 Å². The van der Waals surface area contributed by atoms with Gasteiger partial charge in [0.15, 0.2) is 45.4 Å². The molecule has 5 aromatic rings. The quantitative estimate of drug-likeness (QED) is 0.136. The SMILES string of the molecule is Cc1ccnc(C(C)C)c1-n1c(=O)nc(NS(=O)(=O)c2c(F)c(F)c(F)c(F)c2F)c2cc(F)c(-c3c(O)cccc3F)nc21. The van der Waals surface area contributed by atoms with E-state index in [1.54, 1.807) is 20.8 Å². The zero-order valence-corrected chi connectivity index (χ0v) is 23.9. The van der Waals surface area contributed by atoms with Gasteiger partial charge >= 0.3 is 5.69 Å². The minimum Gasteiger partial charge on any atom is -0.507 e. The Bertz CT molecular complexity index is 2180. The third-order valence-corrected chi connectivity index (χ3v) is 8.00. The molecule has 45 heavy (non-hydrogen) atoms. The van der Waals surface area contributed by atoms with Crippen molar-refractivity contribution in [2.24, 2.45) is 0 Å². The predicted octanol–water partition coefficient (Wildman–Crippen LogP) is 5.75. The van der Waals surface area contributed by atoms with E-state index >= 15 is 4.39 Å². The highest BCUT2D eigenvalue weighted by molar-refractivity contribution is 7.92. The van der Waals surface area contributed by atoms with Gasteiger partial charge in [-0.05, 0) is 42.7 Å². The van der Waals surface area contributed by atoms with E-state index in [2.05, 4.69) is 15.0 Å². The molecule has 0 unspecified atom stereocenters. The van der Waals surface area contributed by atoms with Crippen molar-refractivity contribution in [3.63, 3.8) is 0 Å². The second-order valence-electron chi connectivity index (χ2n) is 9.92. The number of anilines is 1. The van der Waals surface area contributed by atoms with Crippen molar-refractivity contribution < 1.29 is 44.3 Å². The van der Waals surface area contributed by atoms with Gasteiger partial charge in [0.25, 0.3) is 10.0 Å². The molecule has 0 aliphatic rings. The topological polar surface area (TPSA) is 127 Å². The van der Waals surface area contributed by atoms with Gasteiger partial charge in [0.05, 0.1) is 22.3 Å². The number of aryl methyl sites for hydroxylation is 1. The molecule has 234 valence electrons. The fourth-order valence-corrected chi connectivity index (χ4v) is 5.77. The number of aromatic nitrogens is 4. The third-order valence-electron chi connectivity index (χ3n) is 6.64. The minimum absolute atomic E-state index is 0.0620. The average Bonchev–Trinajstić information content (AvgIpc) is 2.96. The molecule has 0 fully saturated rings. The standard InChI is InChI=1S/C28H18F7N5O4S/c1-10(2)22-24(11(3)7-8-36-22)40-27-12(9-14(30)23(37-27)16-13(29)5-4-6-15(16)41)26(38-28(40)42)39-45(43,44)25-20(34)18(32)17(31)19(33)21(25)35/h4-10,41H,1-3H3,(H,38,39,42). The van der Waals surface area contributed by atoms with Crippen LogP contribution in [0.1, 0.15) is 31.0 Å². The van der Waals surface area contributed by atoms with Crippen LogP contribution in [-0.2, 0) is 10.0 Å². The van der Waals surface area contributed by atoms with Crippen molar-refractivity contribution in [2.75, 3.05) is 4.72 Å². The summed E-state index contributed by atoms with van der Waals surface area (Å²) in [5.74, 6) is -18.0. The van der Waals surface area contributed by atoms with Gasteiger partial charge in [-0.15, -0.1) is 0 Å². The van der Waals surface area contributed by atoms with E-state index in [1.807, 2.05) is 0 Å². The number of hydrogen-bond donors (Lipinski definition) is 2. The van der Waals surface area contributed by atoms with Gasteiger partial charge in [-0.1, -0.05) is 19.9 Å². The van der Waals surface area contributed by atoms with Crippen LogP contribution < -0.4 is 10.4 Å². The Kier molecular flexibility index (Phi) is 7.76. The molecule has 9 nitrogen and oxygen atoms in total. The summed E-state index contributed by atoms with van der Waals surface area (Å²) in [5.41, 5.74) is -2.75. The molecule has 0 bridgehead atoms. The fraction of sp³-hybridized carbons (Fsp3) is 0.143. The lowest BCUT2D eigenvalue weighted by molar-refractivity contribution is 0.358. The summed E-state index contributed by atoms with van der Waals surface area (Å²) in [6, 6.07) is 5.05. The highest BCUT2D eigenvalue weighted by Gasteiger charge is 2.35. The Morgan fingerprint density at radius 2 is 1.51 bits per heavy atom. The Balaban J connectivity index is 1.89. The lowest BCUT2D eigenvalue weighted by Crippen LogP contribution is -2.28. The van der Waals surface area contributed by atoms with Crippen molar-refractivity contribution in [3.8, 4) is 22.7 Å². The van der Waals surface area contributed by atoms with Crippen LogP contribution in [0.4, 0.5) is 36.6 Å². The van der Waals surface area contributed by atoms with Gasteiger partial charge in [0.2, 0.25) is 5.82 Å². The number of sulfonamides is 1. The first-order chi connectivity index (χ1) is 21.1. The van der Waals surface area contributed by atoms with E-state index in [0.717, 1.165) is 22.8 Å². The molecule has 0 amide bonds. The van der Waals surface area contributed by atoms with Crippen LogP contribution >= 0.6 is 0 Å². The molecule has 0 aliphatic heterocycles. The smallest absolute Gasteiger partial charge is 0.355 e. The lowest BCUT2D eigenvalue weighted by atomic mass is 10.0. The van der Waals surface area contributed by atoms with E-state index in [0.29, 0.717) is 11.6 Å². The Hall–Kier alpha value is -5.06. The fourth-order valence-electron chi connectivity index (χ4n) is 4.61. The van der Waals surface area contributed by atoms with Crippen LogP contribution in [0.5, 0.6) is 5.75 Å². The van der Waals surface area contributed by atoms with E-state index in [9.17, 15) is 44.7 Å². The van der Waals surface area contributed by atoms with Gasteiger partial charge in [-0.25, -0.2) is 53.5 Å². The van der Waals surface area contributed by atoms with Gasteiger partial charge in [-0.2, -0.15) is 4.98 Å². The molecule has 3 aromatic heterocycles. The zero-order valence-electron chi connectivity index (χ0n) is 23.1. The second kappa shape index (κ2) is 11.1. The number of benzene rings is 2. The van der Waals surface area contributed by atoms with Gasteiger partial charge in [0, 0.05) is 6.20 Å². The van der Waals surface area contributed by atoms with Crippen LogP contribution in [0.2, 0.25) is 0 Å². The van der Waals surface area contributed by atoms with Crippen molar-refractivity contribution >= 4 is 26.9 Å². The van der Waals surface area contributed by atoms with E-state index < -0.39 is 95.2 Å². The molecule has 0 radical (unpaired) electrons. The number of halogens is 7. The predicted molar refractivity (Wildman–Crippen MR) is 146 cm³/mol. The molecule has 2 aromatic carbocycles. The summed E-state index contributed by atoms with van der Waals surface area (Å²) < 4.78 is 129. The number of fused-ring (bicyclic) bond motifs is 1. The van der Waals surface area contributed by atoms with Crippen LogP contribution in [-0.4, -0.2) is 33.0 Å². The number of phenols is 1. The van der Waals surface area contributed by atoms with Gasteiger partial charge in [0.1, 0.15) is 17.3 Å². The first-order valence-corrected chi connectivity index (χ1v) is 14.2. The summed E-state index contributed by atoms with van der Waals surface area (Å²) in [4.78, 5) is 23.2. The van der Waals surface area contributed by atoms with E-state index in [1.165, 1.54) is 17.0 Å². The Morgan fingerprint density at radius 1 is 0.889 bits per heavy atom. The molecular formula is C28H18F7N5O4S. The summed E-state index contributed by atoms with van der Waals surface area (Å²) in [7, 11) is -5.76. The van der Waals surface area contributed by atoms with Gasteiger partial charge < -0.3 is 5.11 Å². The maximum atomic E-state index is 15.6. The highest BCUT2D eigenvalue weighted by Crippen LogP contribution is 2.36. The number of nitrogens with one attached hydrogen (secondary N) is 1. The monoisotopic (exact) mass is 653 g/mol. The van der Waals surface area contributed by atoms with Gasteiger partial charge in [-0.3, -0.25) is 9.71 Å². The lowest BCUT2D eigenvalue weighted by Gasteiger charge is -2.19. The Labute approximate surface area is 248 Å². The maximum absolute atomic E-state index is 15.6. The van der Waals surface area contributed by atoms with Crippen molar-refractivity contribution in [1.82, 2.24) is 19.5 Å². The van der Waals surface area contributed by atoms with E-state index in [-0.39, 0.29) is 17.3 Å². The first kappa shape index (κ1) is 31.4.